The molecule has 1 aromatic carbocycles. The summed E-state index contributed by atoms with van der Waals surface area (Å²) in [6.45, 7) is 0.865. The van der Waals surface area contributed by atoms with Gasteiger partial charge in [-0.3, -0.25) is 4.79 Å². The smallest absolute Gasteiger partial charge is 0.257 e. The fraction of sp³-hybridized carbons (Fsp3) is 0.350. The summed E-state index contributed by atoms with van der Waals surface area (Å²) in [4.78, 5) is 17.7. The number of aromatic nitrogens is 6. The van der Waals surface area contributed by atoms with Crippen LogP contribution in [0.2, 0.25) is 0 Å². The van der Waals surface area contributed by atoms with E-state index in [4.69, 9.17) is 9.72 Å². The molecule has 0 unspecified atom stereocenters. The zero-order chi connectivity index (χ0) is 21.2. The van der Waals surface area contributed by atoms with Gasteiger partial charge in [-0.1, -0.05) is 5.21 Å². The number of amides is 1. The van der Waals surface area contributed by atoms with Crippen LogP contribution in [0.15, 0.2) is 24.4 Å². The number of aryl methyl sites for hydroxylation is 1. The Morgan fingerprint density at radius 1 is 1.26 bits per heavy atom. The molecule has 1 aliphatic heterocycles. The highest BCUT2D eigenvalue weighted by molar-refractivity contribution is 6.01. The SMILES string of the molecule is CNc1cc2nc3c(cnn13)C(=O)NC1(CC1)COCc1cc(c3nnn(C)c3c1)N2. The zero-order valence-corrected chi connectivity index (χ0v) is 17.1. The lowest BCUT2D eigenvalue weighted by atomic mass is 10.1. The fourth-order valence-corrected chi connectivity index (χ4v) is 4.00. The number of ether oxygens (including phenoxy) is 1. The number of fused-ring (bicyclic) bond motifs is 5. The molecular formula is C20H21N9O2. The normalized spacial score (nSPS) is 17.5. The number of nitrogens with zero attached hydrogens (tertiary/aromatic N) is 6. The van der Waals surface area contributed by atoms with Crippen LogP contribution >= 0.6 is 0 Å². The molecule has 0 atom stereocenters. The van der Waals surface area contributed by atoms with Crippen LogP contribution in [0.25, 0.3) is 16.7 Å². The summed E-state index contributed by atoms with van der Waals surface area (Å²) < 4.78 is 9.37. The summed E-state index contributed by atoms with van der Waals surface area (Å²) in [7, 11) is 3.66. The second-order valence-corrected chi connectivity index (χ2v) is 8.15. The van der Waals surface area contributed by atoms with E-state index in [1.54, 1.807) is 22.4 Å². The minimum Gasteiger partial charge on any atom is -0.374 e. The third kappa shape index (κ3) is 2.88. The Morgan fingerprint density at radius 2 is 2.13 bits per heavy atom. The van der Waals surface area contributed by atoms with E-state index in [1.165, 1.54) is 0 Å². The van der Waals surface area contributed by atoms with Crippen LogP contribution in [-0.2, 0) is 18.4 Å². The molecule has 4 aromatic rings. The predicted molar refractivity (Wildman–Crippen MR) is 113 cm³/mol. The Bertz CT molecular complexity index is 1350. The van der Waals surface area contributed by atoms with Gasteiger partial charge in [-0.2, -0.15) is 9.61 Å². The summed E-state index contributed by atoms with van der Waals surface area (Å²) >= 11 is 0. The number of hydrogen-bond acceptors (Lipinski definition) is 8. The molecule has 1 amide bonds. The van der Waals surface area contributed by atoms with Gasteiger partial charge in [0.15, 0.2) is 5.65 Å². The lowest BCUT2D eigenvalue weighted by Gasteiger charge is -2.18. The van der Waals surface area contributed by atoms with Crippen LogP contribution in [0.3, 0.4) is 0 Å². The van der Waals surface area contributed by atoms with E-state index in [0.29, 0.717) is 36.1 Å². The Kier molecular flexibility index (Phi) is 3.72. The minimum atomic E-state index is -0.335. The number of hydrogen-bond donors (Lipinski definition) is 3. The highest BCUT2D eigenvalue weighted by Crippen LogP contribution is 2.37. The maximum Gasteiger partial charge on any atom is 0.257 e. The Morgan fingerprint density at radius 3 is 2.94 bits per heavy atom. The number of carbonyl (C=O) groups is 1. The molecule has 0 saturated heterocycles. The van der Waals surface area contributed by atoms with Crippen molar-refractivity contribution in [1.82, 2.24) is 34.9 Å². The maximum atomic E-state index is 13.0. The van der Waals surface area contributed by atoms with Crippen LogP contribution in [0.4, 0.5) is 17.3 Å². The average Bonchev–Trinajstić information content (AvgIpc) is 3.20. The largest absolute Gasteiger partial charge is 0.374 e. The molecular weight excluding hydrogens is 398 g/mol. The summed E-state index contributed by atoms with van der Waals surface area (Å²) in [6, 6.07) is 5.86. The van der Waals surface area contributed by atoms with Crippen molar-refractivity contribution in [3.8, 4) is 0 Å². The molecule has 3 aromatic heterocycles. The van der Waals surface area contributed by atoms with E-state index in [-0.39, 0.29) is 11.4 Å². The quantitative estimate of drug-likeness (QED) is 0.425. The first-order valence-corrected chi connectivity index (χ1v) is 10.1. The third-order valence-electron chi connectivity index (χ3n) is 5.89. The molecule has 11 heteroatoms. The van der Waals surface area contributed by atoms with Crippen molar-refractivity contribution in [1.29, 1.82) is 0 Å². The van der Waals surface area contributed by atoms with Crippen LogP contribution < -0.4 is 16.0 Å². The average molecular weight is 419 g/mol. The van der Waals surface area contributed by atoms with Crippen molar-refractivity contribution in [3.05, 3.63) is 35.5 Å². The first-order chi connectivity index (χ1) is 15.0. The summed E-state index contributed by atoms with van der Waals surface area (Å²) in [6.07, 6.45) is 3.32. The van der Waals surface area contributed by atoms with Gasteiger partial charge in [-0.25, -0.2) is 9.67 Å². The van der Waals surface area contributed by atoms with E-state index >= 15 is 0 Å². The molecule has 1 saturated carbocycles. The van der Waals surface area contributed by atoms with Crippen LogP contribution in [-0.4, -0.2) is 54.7 Å². The molecule has 31 heavy (non-hydrogen) atoms. The lowest BCUT2D eigenvalue weighted by molar-refractivity contribution is 0.0759. The summed E-state index contributed by atoms with van der Waals surface area (Å²) in [5, 5.41) is 22.4. The Balaban J connectivity index is 1.56. The fourth-order valence-electron chi connectivity index (χ4n) is 4.00. The number of benzene rings is 1. The van der Waals surface area contributed by atoms with Crippen molar-refractivity contribution in [2.75, 3.05) is 24.3 Å². The number of nitrogens with one attached hydrogen (secondary N) is 3. The van der Waals surface area contributed by atoms with Crippen molar-refractivity contribution >= 4 is 39.9 Å². The summed E-state index contributed by atoms with van der Waals surface area (Å²) in [5.41, 5.74) is 3.93. The van der Waals surface area contributed by atoms with Gasteiger partial charge in [-0.05, 0) is 30.5 Å². The third-order valence-corrected chi connectivity index (χ3v) is 5.89. The maximum absolute atomic E-state index is 13.0. The monoisotopic (exact) mass is 419 g/mol. The molecule has 0 radical (unpaired) electrons. The van der Waals surface area contributed by atoms with Gasteiger partial charge < -0.3 is 20.7 Å². The van der Waals surface area contributed by atoms with Crippen molar-refractivity contribution in [2.24, 2.45) is 7.05 Å². The number of rotatable bonds is 1. The van der Waals surface area contributed by atoms with Gasteiger partial charge >= 0.3 is 0 Å². The summed E-state index contributed by atoms with van der Waals surface area (Å²) in [5.74, 6) is 1.07. The van der Waals surface area contributed by atoms with E-state index in [1.807, 2.05) is 25.2 Å². The first kappa shape index (κ1) is 18.1. The van der Waals surface area contributed by atoms with E-state index in [9.17, 15) is 4.79 Å². The lowest BCUT2D eigenvalue weighted by Crippen LogP contribution is -2.40. The predicted octanol–water partition coefficient (Wildman–Crippen LogP) is 1.59. The van der Waals surface area contributed by atoms with Gasteiger partial charge in [0, 0.05) is 20.2 Å². The number of carbonyl (C=O) groups excluding carboxylic acids is 1. The van der Waals surface area contributed by atoms with Crippen molar-refractivity contribution < 1.29 is 9.53 Å². The molecule has 1 aliphatic carbocycles. The molecule has 2 aliphatic rings. The standard InChI is InChI=1S/C20H21N9O2/c1-21-16-7-15-23-13-5-11(6-14-17(13)26-27-28(14)2)9-31-10-20(3-4-20)25-19(30)12-8-22-29(16)18(12)24-15/h5-8,21H,3-4,9-10H2,1-2H3,(H,23,24)(H,25,30). The van der Waals surface area contributed by atoms with Gasteiger partial charge in [0.2, 0.25) is 0 Å². The van der Waals surface area contributed by atoms with Crippen molar-refractivity contribution in [3.63, 3.8) is 0 Å². The molecule has 3 N–H and O–H groups in total. The van der Waals surface area contributed by atoms with E-state index < -0.39 is 0 Å². The van der Waals surface area contributed by atoms with Crippen molar-refractivity contribution in [2.45, 2.75) is 25.0 Å². The zero-order valence-electron chi connectivity index (χ0n) is 17.1. The Labute approximate surface area is 176 Å². The molecule has 6 rings (SSSR count). The van der Waals surface area contributed by atoms with E-state index in [0.717, 1.165) is 35.1 Å². The van der Waals surface area contributed by atoms with Crippen LogP contribution in [0, 0.1) is 0 Å². The van der Waals surface area contributed by atoms with Crippen LogP contribution in [0.5, 0.6) is 0 Å². The highest BCUT2D eigenvalue weighted by atomic mass is 16.5. The molecule has 4 heterocycles. The van der Waals surface area contributed by atoms with Crippen LogP contribution in [0.1, 0.15) is 28.8 Å². The van der Waals surface area contributed by atoms with Gasteiger partial charge in [0.1, 0.15) is 22.7 Å². The van der Waals surface area contributed by atoms with Gasteiger partial charge in [0.25, 0.3) is 5.91 Å². The molecule has 1 spiro atoms. The molecule has 4 bridgehead atoms. The first-order valence-electron chi connectivity index (χ1n) is 10.1. The second-order valence-electron chi connectivity index (χ2n) is 8.15. The second kappa shape index (κ2) is 6.38. The minimum absolute atomic E-state index is 0.199. The van der Waals surface area contributed by atoms with Gasteiger partial charge in [0.05, 0.1) is 36.2 Å². The topological polar surface area (TPSA) is 123 Å². The number of anilines is 3. The highest BCUT2D eigenvalue weighted by Gasteiger charge is 2.45. The van der Waals surface area contributed by atoms with E-state index in [2.05, 4.69) is 31.4 Å². The molecule has 11 nitrogen and oxygen atoms in total. The Hall–Kier alpha value is -3.73. The molecule has 158 valence electrons. The van der Waals surface area contributed by atoms with Gasteiger partial charge in [-0.15, -0.1) is 5.10 Å². The molecule has 1 fully saturated rings.